The highest BCUT2D eigenvalue weighted by atomic mass is 16.6. The molecular formula is C22H29N3O4. The maximum absolute atomic E-state index is 12.9. The van der Waals surface area contributed by atoms with Crippen molar-refractivity contribution in [2.45, 2.75) is 52.0 Å². The summed E-state index contributed by atoms with van der Waals surface area (Å²) in [5.41, 5.74) is 7.06. The number of nitrogen functional groups attached to an aromatic ring is 1. The first-order chi connectivity index (χ1) is 13.7. The highest BCUT2D eigenvalue weighted by molar-refractivity contribution is 5.99. The number of hydrogen-bond donors (Lipinski definition) is 3. The van der Waals surface area contributed by atoms with Crippen LogP contribution in [0.25, 0.3) is 0 Å². The van der Waals surface area contributed by atoms with Crippen molar-refractivity contribution in [2.24, 2.45) is 0 Å². The Balaban J connectivity index is 2.11. The Labute approximate surface area is 171 Å². The molecule has 156 valence electrons. The predicted octanol–water partition coefficient (Wildman–Crippen LogP) is 3.71. The van der Waals surface area contributed by atoms with E-state index in [0.29, 0.717) is 18.0 Å². The fraction of sp³-hybridized carbons (Fsp3) is 0.364. The molecule has 29 heavy (non-hydrogen) atoms. The zero-order valence-electron chi connectivity index (χ0n) is 17.3. The van der Waals surface area contributed by atoms with Crippen LogP contribution in [0.4, 0.5) is 16.2 Å². The van der Waals surface area contributed by atoms with E-state index in [0.717, 1.165) is 5.56 Å². The standard InChI is InChI=1S/C22H29N3O4/c1-15(28-14-16-10-6-5-7-11-16)19(25-21(27)29-22(2,3)4)20(26)24-18-13-9-8-12-17(18)23/h5-13,15,19H,14,23H2,1-4H3,(H,24,26)(H,25,27). The lowest BCUT2D eigenvalue weighted by Gasteiger charge is -2.27. The summed E-state index contributed by atoms with van der Waals surface area (Å²) >= 11 is 0. The van der Waals surface area contributed by atoms with Gasteiger partial charge in [-0.15, -0.1) is 0 Å². The minimum Gasteiger partial charge on any atom is -0.444 e. The van der Waals surface area contributed by atoms with E-state index in [-0.39, 0.29) is 0 Å². The second-order valence-electron chi connectivity index (χ2n) is 7.70. The lowest BCUT2D eigenvalue weighted by molar-refractivity contribution is -0.122. The van der Waals surface area contributed by atoms with Crippen molar-refractivity contribution < 1.29 is 19.1 Å². The van der Waals surface area contributed by atoms with Crippen LogP contribution in [0, 0.1) is 0 Å². The van der Waals surface area contributed by atoms with Gasteiger partial charge in [0.15, 0.2) is 0 Å². The van der Waals surface area contributed by atoms with Gasteiger partial charge in [-0.25, -0.2) is 4.79 Å². The number of rotatable bonds is 7. The number of ether oxygens (including phenoxy) is 2. The van der Waals surface area contributed by atoms with Gasteiger partial charge in [0.05, 0.1) is 24.1 Å². The van der Waals surface area contributed by atoms with Crippen molar-refractivity contribution in [1.82, 2.24) is 5.32 Å². The average molecular weight is 399 g/mol. The van der Waals surface area contributed by atoms with Crippen molar-refractivity contribution in [3.63, 3.8) is 0 Å². The first-order valence-electron chi connectivity index (χ1n) is 9.46. The summed E-state index contributed by atoms with van der Waals surface area (Å²) in [5, 5.41) is 5.35. The molecule has 0 spiro atoms. The molecule has 0 heterocycles. The van der Waals surface area contributed by atoms with E-state index in [9.17, 15) is 9.59 Å². The van der Waals surface area contributed by atoms with Crippen LogP contribution in [0.15, 0.2) is 54.6 Å². The van der Waals surface area contributed by atoms with Gasteiger partial charge in [0.1, 0.15) is 11.6 Å². The molecule has 0 aliphatic carbocycles. The Kier molecular flexibility index (Phi) is 7.61. The summed E-state index contributed by atoms with van der Waals surface area (Å²) in [7, 11) is 0. The Bertz CT molecular complexity index is 818. The molecule has 2 unspecified atom stereocenters. The molecule has 0 radical (unpaired) electrons. The smallest absolute Gasteiger partial charge is 0.408 e. The number of benzene rings is 2. The first kappa shape index (κ1) is 22.2. The molecule has 0 aliphatic rings. The second kappa shape index (κ2) is 9.93. The second-order valence-corrected chi connectivity index (χ2v) is 7.70. The predicted molar refractivity (Wildman–Crippen MR) is 113 cm³/mol. The number of amides is 2. The summed E-state index contributed by atoms with van der Waals surface area (Å²) in [4.78, 5) is 25.2. The summed E-state index contributed by atoms with van der Waals surface area (Å²) in [6.07, 6.45) is -1.32. The van der Waals surface area contributed by atoms with Crippen LogP contribution in [0.1, 0.15) is 33.3 Å². The number of nitrogens with two attached hydrogens (primary N) is 1. The van der Waals surface area contributed by atoms with Gasteiger partial charge in [0.2, 0.25) is 5.91 Å². The molecule has 0 bridgehead atoms. The summed E-state index contributed by atoms with van der Waals surface area (Å²) in [6.45, 7) is 7.28. The highest BCUT2D eigenvalue weighted by Crippen LogP contribution is 2.18. The SMILES string of the molecule is CC(OCc1ccccc1)C(NC(=O)OC(C)(C)C)C(=O)Nc1ccccc1N. The van der Waals surface area contributed by atoms with Gasteiger partial charge >= 0.3 is 6.09 Å². The van der Waals surface area contributed by atoms with E-state index in [1.807, 2.05) is 30.3 Å². The first-order valence-corrected chi connectivity index (χ1v) is 9.46. The minimum absolute atomic E-state index is 0.301. The van der Waals surface area contributed by atoms with Gasteiger partial charge in [-0.3, -0.25) is 4.79 Å². The molecule has 0 aromatic heterocycles. The van der Waals surface area contributed by atoms with Gasteiger partial charge in [-0.1, -0.05) is 42.5 Å². The van der Waals surface area contributed by atoms with E-state index < -0.39 is 29.7 Å². The number of anilines is 2. The summed E-state index contributed by atoms with van der Waals surface area (Å²) in [5.74, 6) is -0.450. The zero-order valence-corrected chi connectivity index (χ0v) is 17.3. The molecule has 0 fully saturated rings. The van der Waals surface area contributed by atoms with E-state index in [2.05, 4.69) is 10.6 Å². The van der Waals surface area contributed by atoms with Crippen LogP contribution in [-0.4, -0.2) is 29.7 Å². The van der Waals surface area contributed by atoms with Gasteiger partial charge in [0, 0.05) is 0 Å². The van der Waals surface area contributed by atoms with Crippen LogP contribution >= 0.6 is 0 Å². The molecule has 0 saturated heterocycles. The maximum atomic E-state index is 12.9. The lowest BCUT2D eigenvalue weighted by Crippen LogP contribution is -2.52. The molecule has 0 aliphatic heterocycles. The largest absolute Gasteiger partial charge is 0.444 e. The number of alkyl carbamates (subject to hydrolysis) is 1. The molecule has 0 saturated carbocycles. The van der Waals surface area contributed by atoms with Gasteiger partial charge < -0.3 is 25.8 Å². The number of nitrogens with one attached hydrogen (secondary N) is 2. The van der Waals surface area contributed by atoms with E-state index in [4.69, 9.17) is 15.2 Å². The van der Waals surface area contributed by atoms with Crippen LogP contribution in [0.3, 0.4) is 0 Å². The van der Waals surface area contributed by atoms with Crippen LogP contribution in [0.2, 0.25) is 0 Å². The summed E-state index contributed by atoms with van der Waals surface area (Å²) in [6, 6.07) is 15.5. The molecule has 2 rings (SSSR count). The van der Waals surface area contributed by atoms with Gasteiger partial charge in [-0.2, -0.15) is 0 Å². The topological polar surface area (TPSA) is 103 Å². The molecular weight excluding hydrogens is 370 g/mol. The average Bonchev–Trinajstić information content (AvgIpc) is 2.65. The molecule has 2 aromatic rings. The quantitative estimate of drug-likeness (QED) is 0.616. The van der Waals surface area contributed by atoms with Crippen LogP contribution in [-0.2, 0) is 20.9 Å². The minimum atomic E-state index is -0.979. The third kappa shape index (κ3) is 7.46. The monoisotopic (exact) mass is 399 g/mol. The van der Waals surface area contributed by atoms with E-state index >= 15 is 0 Å². The van der Waals surface area contributed by atoms with Crippen LogP contribution < -0.4 is 16.4 Å². The number of hydrogen-bond acceptors (Lipinski definition) is 5. The molecule has 7 heteroatoms. The Morgan fingerprint density at radius 3 is 2.28 bits per heavy atom. The van der Waals surface area contributed by atoms with Crippen molar-refractivity contribution in [3.8, 4) is 0 Å². The van der Waals surface area contributed by atoms with Crippen LogP contribution in [0.5, 0.6) is 0 Å². The van der Waals surface area contributed by atoms with Gasteiger partial charge in [0.25, 0.3) is 0 Å². The highest BCUT2D eigenvalue weighted by Gasteiger charge is 2.30. The van der Waals surface area contributed by atoms with Crippen molar-refractivity contribution in [1.29, 1.82) is 0 Å². The Hall–Kier alpha value is -3.06. The fourth-order valence-corrected chi connectivity index (χ4v) is 2.55. The Morgan fingerprint density at radius 2 is 1.66 bits per heavy atom. The summed E-state index contributed by atoms with van der Waals surface area (Å²) < 4.78 is 11.1. The normalized spacial score (nSPS) is 13.2. The van der Waals surface area contributed by atoms with E-state index in [1.54, 1.807) is 52.0 Å². The fourth-order valence-electron chi connectivity index (χ4n) is 2.55. The molecule has 4 N–H and O–H groups in total. The third-order valence-electron chi connectivity index (χ3n) is 4.00. The Morgan fingerprint density at radius 1 is 1.03 bits per heavy atom. The molecule has 2 amide bonds. The van der Waals surface area contributed by atoms with Crippen molar-refractivity contribution in [2.75, 3.05) is 11.1 Å². The van der Waals surface area contributed by atoms with Gasteiger partial charge in [-0.05, 0) is 45.4 Å². The molecule has 2 atom stereocenters. The number of carbonyl (C=O) groups excluding carboxylic acids is 2. The van der Waals surface area contributed by atoms with Crippen molar-refractivity contribution >= 4 is 23.4 Å². The molecule has 2 aromatic carbocycles. The van der Waals surface area contributed by atoms with Crippen molar-refractivity contribution in [3.05, 3.63) is 60.2 Å². The maximum Gasteiger partial charge on any atom is 0.408 e. The number of carbonyl (C=O) groups is 2. The number of para-hydroxylation sites is 2. The molecule has 7 nitrogen and oxygen atoms in total. The zero-order chi connectivity index (χ0) is 21.4. The lowest BCUT2D eigenvalue weighted by atomic mass is 10.1. The van der Waals surface area contributed by atoms with E-state index in [1.165, 1.54) is 0 Å². The third-order valence-corrected chi connectivity index (χ3v) is 4.00.